The van der Waals surface area contributed by atoms with Gasteiger partial charge in [0.25, 0.3) is 6.71 Å². The second kappa shape index (κ2) is 7.44. The first-order valence-corrected chi connectivity index (χ1v) is 14.5. The van der Waals surface area contributed by atoms with E-state index in [2.05, 4.69) is 126 Å². The van der Waals surface area contributed by atoms with Gasteiger partial charge >= 0.3 is 0 Å². The summed E-state index contributed by atoms with van der Waals surface area (Å²) in [5, 5.41) is 5.21. The monoisotopic (exact) mass is 525 g/mol. The lowest BCUT2D eigenvalue weighted by Crippen LogP contribution is -2.58. The molecule has 2 aliphatic heterocycles. The Morgan fingerprint density at radius 3 is 2.30 bits per heavy atom. The lowest BCUT2D eigenvalue weighted by atomic mass is 9.34. The SMILES string of the molecule is c1ccc2c(c1)B1c3ccc(-c4ccc5sc6ccccc6c5c4)cc3Oc3ccc4c5ccccc5n-2c4c31. The minimum absolute atomic E-state index is 0.132. The molecule has 0 spiro atoms. The molecule has 0 amide bonds. The number of hydrogen-bond donors (Lipinski definition) is 0. The second-order valence-corrected chi connectivity index (χ2v) is 12.0. The van der Waals surface area contributed by atoms with E-state index in [9.17, 15) is 0 Å². The van der Waals surface area contributed by atoms with Crippen LogP contribution in [0.4, 0.5) is 0 Å². The first-order chi connectivity index (χ1) is 19.8. The van der Waals surface area contributed by atoms with Gasteiger partial charge in [0.05, 0.1) is 11.0 Å². The highest BCUT2D eigenvalue weighted by Crippen LogP contribution is 2.40. The maximum absolute atomic E-state index is 6.75. The van der Waals surface area contributed by atoms with E-state index >= 15 is 0 Å². The Hall–Kier alpha value is -4.80. The number of benzene rings is 6. The van der Waals surface area contributed by atoms with E-state index in [1.165, 1.54) is 75.2 Å². The molecule has 10 rings (SSSR count). The summed E-state index contributed by atoms with van der Waals surface area (Å²) in [6.07, 6.45) is 0. The van der Waals surface area contributed by atoms with Crippen LogP contribution in [0.15, 0.2) is 121 Å². The van der Waals surface area contributed by atoms with Gasteiger partial charge in [0.2, 0.25) is 0 Å². The van der Waals surface area contributed by atoms with Crippen LogP contribution in [-0.2, 0) is 0 Å². The molecule has 4 heteroatoms. The topological polar surface area (TPSA) is 14.2 Å². The van der Waals surface area contributed by atoms with E-state index in [0.29, 0.717) is 0 Å². The van der Waals surface area contributed by atoms with E-state index < -0.39 is 0 Å². The molecule has 0 bridgehead atoms. The number of ether oxygens (including phenoxy) is 1. The Balaban J connectivity index is 1.21. The zero-order valence-corrected chi connectivity index (χ0v) is 22.2. The summed E-state index contributed by atoms with van der Waals surface area (Å²) in [4.78, 5) is 0. The van der Waals surface area contributed by atoms with Crippen molar-refractivity contribution in [2.24, 2.45) is 0 Å². The Labute approximate surface area is 234 Å². The molecule has 0 radical (unpaired) electrons. The zero-order valence-electron chi connectivity index (χ0n) is 21.4. The number of thiophene rings is 1. The summed E-state index contributed by atoms with van der Waals surface area (Å²) < 4.78 is 11.9. The molecular weight excluding hydrogens is 505 g/mol. The predicted octanol–water partition coefficient (Wildman–Crippen LogP) is 7.75. The van der Waals surface area contributed by atoms with Gasteiger partial charge in [0.15, 0.2) is 0 Å². The van der Waals surface area contributed by atoms with Gasteiger partial charge in [-0.05, 0) is 76.0 Å². The quantitative estimate of drug-likeness (QED) is 0.200. The molecule has 0 saturated heterocycles. The highest BCUT2D eigenvalue weighted by atomic mass is 32.1. The summed E-state index contributed by atoms with van der Waals surface area (Å²) in [6, 6.07) is 44.4. The number of nitrogens with zero attached hydrogens (tertiary/aromatic N) is 1. The van der Waals surface area contributed by atoms with Crippen molar-refractivity contribution in [3.05, 3.63) is 121 Å². The fourth-order valence-corrected chi connectivity index (χ4v) is 8.25. The number of hydrogen-bond acceptors (Lipinski definition) is 2. The first-order valence-electron chi connectivity index (χ1n) is 13.7. The van der Waals surface area contributed by atoms with Crippen molar-refractivity contribution in [2.45, 2.75) is 0 Å². The minimum atomic E-state index is 0.132. The van der Waals surface area contributed by atoms with Crippen LogP contribution in [0.3, 0.4) is 0 Å². The molecule has 2 nitrogen and oxygen atoms in total. The van der Waals surface area contributed by atoms with Crippen LogP contribution in [0.1, 0.15) is 0 Å². The van der Waals surface area contributed by atoms with Gasteiger partial charge in [0, 0.05) is 36.6 Å². The average Bonchev–Trinajstić information content (AvgIpc) is 3.56. The van der Waals surface area contributed by atoms with E-state index in [1.54, 1.807) is 0 Å². The van der Waals surface area contributed by atoms with E-state index in [1.807, 2.05) is 11.3 Å². The molecule has 0 atom stereocenters. The Bertz CT molecular complexity index is 2380. The fourth-order valence-electron chi connectivity index (χ4n) is 7.16. The van der Waals surface area contributed by atoms with E-state index in [4.69, 9.17) is 4.74 Å². The maximum Gasteiger partial charge on any atom is 0.256 e. The molecule has 0 saturated carbocycles. The number of para-hydroxylation sites is 2. The van der Waals surface area contributed by atoms with Crippen molar-refractivity contribution in [1.82, 2.24) is 4.57 Å². The fraction of sp³-hybridized carbons (Fsp3) is 0. The van der Waals surface area contributed by atoms with Gasteiger partial charge < -0.3 is 9.30 Å². The smallest absolute Gasteiger partial charge is 0.256 e. The largest absolute Gasteiger partial charge is 0.458 e. The third-order valence-electron chi connectivity index (χ3n) is 8.87. The summed E-state index contributed by atoms with van der Waals surface area (Å²) in [5.41, 5.74) is 10.0. The van der Waals surface area contributed by atoms with Gasteiger partial charge in [-0.2, -0.15) is 0 Å². The number of rotatable bonds is 1. The summed E-state index contributed by atoms with van der Waals surface area (Å²) in [6.45, 7) is 0.132. The Morgan fingerprint density at radius 2 is 1.32 bits per heavy atom. The van der Waals surface area contributed by atoms with Gasteiger partial charge in [0.1, 0.15) is 11.5 Å². The molecule has 8 aromatic rings. The first kappa shape index (κ1) is 21.1. The van der Waals surface area contributed by atoms with Crippen LogP contribution in [0.25, 0.3) is 58.8 Å². The third-order valence-corrected chi connectivity index (χ3v) is 10.0. The molecular formula is C36H20BNOS. The Kier molecular flexibility index (Phi) is 3.92. The average molecular weight is 525 g/mol. The van der Waals surface area contributed by atoms with Crippen LogP contribution in [0, 0.1) is 0 Å². The van der Waals surface area contributed by atoms with Crippen molar-refractivity contribution < 1.29 is 4.74 Å². The summed E-state index contributed by atoms with van der Waals surface area (Å²) in [5.74, 6) is 1.91. The zero-order chi connectivity index (χ0) is 25.9. The molecule has 0 aliphatic carbocycles. The van der Waals surface area contributed by atoms with Gasteiger partial charge in [-0.1, -0.05) is 72.8 Å². The molecule has 0 fully saturated rings. The molecule has 0 N–H and O–H groups in total. The minimum Gasteiger partial charge on any atom is -0.458 e. The highest BCUT2D eigenvalue weighted by Gasteiger charge is 2.40. The van der Waals surface area contributed by atoms with Crippen LogP contribution in [0.2, 0.25) is 0 Å². The normalized spacial score (nSPS) is 13.2. The molecule has 184 valence electrons. The second-order valence-electron chi connectivity index (χ2n) is 10.9. The van der Waals surface area contributed by atoms with Gasteiger partial charge in [-0.15, -0.1) is 11.3 Å². The van der Waals surface area contributed by atoms with Crippen LogP contribution >= 0.6 is 11.3 Å². The van der Waals surface area contributed by atoms with Gasteiger partial charge in [-0.3, -0.25) is 0 Å². The maximum atomic E-state index is 6.75. The lowest BCUT2D eigenvalue weighted by molar-refractivity contribution is 0.488. The molecule has 4 heterocycles. The van der Waals surface area contributed by atoms with Crippen molar-refractivity contribution >= 4 is 76.4 Å². The van der Waals surface area contributed by atoms with Crippen molar-refractivity contribution in [3.8, 4) is 28.3 Å². The summed E-state index contributed by atoms with van der Waals surface area (Å²) in [7, 11) is 0. The third kappa shape index (κ3) is 2.59. The van der Waals surface area contributed by atoms with Crippen LogP contribution in [-0.4, -0.2) is 11.3 Å². The van der Waals surface area contributed by atoms with Crippen molar-refractivity contribution in [2.75, 3.05) is 0 Å². The van der Waals surface area contributed by atoms with Crippen LogP contribution < -0.4 is 21.1 Å². The van der Waals surface area contributed by atoms with Crippen molar-refractivity contribution in [3.63, 3.8) is 0 Å². The van der Waals surface area contributed by atoms with Gasteiger partial charge in [-0.25, -0.2) is 0 Å². The molecule has 2 aromatic heterocycles. The van der Waals surface area contributed by atoms with E-state index in [-0.39, 0.29) is 6.71 Å². The van der Waals surface area contributed by atoms with E-state index in [0.717, 1.165) is 11.5 Å². The predicted molar refractivity (Wildman–Crippen MR) is 170 cm³/mol. The number of fused-ring (bicyclic) bond motifs is 11. The lowest BCUT2D eigenvalue weighted by Gasteiger charge is -2.33. The number of aromatic nitrogens is 1. The highest BCUT2D eigenvalue weighted by molar-refractivity contribution is 7.25. The summed E-state index contributed by atoms with van der Waals surface area (Å²) >= 11 is 1.86. The van der Waals surface area contributed by atoms with Crippen LogP contribution in [0.5, 0.6) is 11.5 Å². The molecule has 40 heavy (non-hydrogen) atoms. The molecule has 2 aliphatic rings. The molecule has 6 aromatic carbocycles. The molecule has 0 unspecified atom stereocenters. The Morgan fingerprint density at radius 1 is 0.550 bits per heavy atom. The van der Waals surface area contributed by atoms with Crippen molar-refractivity contribution in [1.29, 1.82) is 0 Å². The standard InChI is InChI=1S/C36H20BNOS/c1-4-10-29-23(7-1)25-15-17-31-35-36(25)38(29)30-11-5-3-9-27(30)37(35)28-16-13-22(20-32(28)39-31)21-14-18-34-26(19-21)24-8-2-6-12-33(24)40-34/h1-20H.